The summed E-state index contributed by atoms with van der Waals surface area (Å²) in [4.78, 5) is 13.9. The first kappa shape index (κ1) is 19.2. The van der Waals surface area contributed by atoms with E-state index in [4.69, 9.17) is 4.74 Å². The Balaban J connectivity index is 1.43. The molecule has 1 N–H and O–H groups in total. The maximum Gasteiger partial charge on any atom is 0.256 e. The highest BCUT2D eigenvalue weighted by Gasteiger charge is 2.24. The van der Waals surface area contributed by atoms with Gasteiger partial charge in [-0.05, 0) is 60.6 Å². The highest BCUT2D eigenvalue weighted by molar-refractivity contribution is 7.16. The summed E-state index contributed by atoms with van der Waals surface area (Å²) in [6.07, 6.45) is 2.99. The van der Waals surface area contributed by atoms with Crippen molar-refractivity contribution in [2.75, 3.05) is 5.32 Å². The number of nitrogens with one attached hydrogen (secondary N) is 1. The van der Waals surface area contributed by atoms with Crippen LogP contribution in [0, 0.1) is 17.2 Å². The third-order valence-electron chi connectivity index (χ3n) is 5.22. The van der Waals surface area contributed by atoms with Gasteiger partial charge in [-0.25, -0.2) is 0 Å². The largest absolute Gasteiger partial charge is 0.489 e. The minimum Gasteiger partial charge on any atom is -0.489 e. The van der Waals surface area contributed by atoms with Crippen molar-refractivity contribution in [1.82, 2.24) is 0 Å². The van der Waals surface area contributed by atoms with E-state index in [1.807, 2.05) is 30.3 Å². The van der Waals surface area contributed by atoms with Gasteiger partial charge in [0.25, 0.3) is 5.91 Å². The number of hydrogen-bond acceptors (Lipinski definition) is 4. The van der Waals surface area contributed by atoms with E-state index in [0.717, 1.165) is 30.4 Å². The quantitative estimate of drug-likeness (QED) is 0.606. The lowest BCUT2D eigenvalue weighted by atomic mass is 9.88. The Hall–Kier alpha value is -3.10. The second kappa shape index (κ2) is 8.50. The molecule has 2 aromatic carbocycles. The number of hydrogen-bond donors (Lipinski definition) is 1. The molecule has 29 heavy (non-hydrogen) atoms. The van der Waals surface area contributed by atoms with Crippen molar-refractivity contribution >= 4 is 22.2 Å². The topological polar surface area (TPSA) is 62.1 Å². The van der Waals surface area contributed by atoms with E-state index in [-0.39, 0.29) is 5.91 Å². The first-order chi connectivity index (χ1) is 14.1. The predicted molar refractivity (Wildman–Crippen MR) is 115 cm³/mol. The zero-order valence-electron chi connectivity index (χ0n) is 16.3. The van der Waals surface area contributed by atoms with Crippen LogP contribution in [-0.4, -0.2) is 5.91 Å². The Morgan fingerprint density at radius 3 is 2.69 bits per heavy atom. The lowest BCUT2D eigenvalue weighted by Gasteiger charge is -2.17. The average molecular weight is 403 g/mol. The zero-order valence-corrected chi connectivity index (χ0v) is 17.1. The van der Waals surface area contributed by atoms with Crippen LogP contribution in [0.15, 0.2) is 54.6 Å². The van der Waals surface area contributed by atoms with E-state index in [1.54, 1.807) is 35.6 Å². The summed E-state index contributed by atoms with van der Waals surface area (Å²) in [7, 11) is 0. The Bertz CT molecular complexity index is 1050. The summed E-state index contributed by atoms with van der Waals surface area (Å²) in [6.45, 7) is 2.71. The molecule has 0 fully saturated rings. The number of nitriles is 1. The summed E-state index contributed by atoms with van der Waals surface area (Å²) < 4.78 is 5.77. The highest BCUT2D eigenvalue weighted by Crippen LogP contribution is 2.39. The Labute approximate surface area is 174 Å². The van der Waals surface area contributed by atoms with E-state index < -0.39 is 0 Å². The number of rotatable bonds is 5. The minimum atomic E-state index is -0.206. The standard InChI is InChI=1S/C24H22N2O2S/c1-16-7-12-20-21(14-25)24(29-22(20)13-16)26-23(27)18-8-10-19(11-9-18)28-15-17-5-3-2-4-6-17/h2-6,8-11,16H,7,12-13,15H2,1H3,(H,26,27)/t16-/m1/s1. The van der Waals surface area contributed by atoms with Gasteiger partial charge in [-0.3, -0.25) is 4.79 Å². The van der Waals surface area contributed by atoms with Crippen molar-refractivity contribution in [2.24, 2.45) is 5.92 Å². The summed E-state index contributed by atoms with van der Waals surface area (Å²) in [5, 5.41) is 13.2. The molecule has 1 amide bonds. The molecule has 5 heteroatoms. The number of benzene rings is 2. The zero-order chi connectivity index (χ0) is 20.2. The molecule has 0 bridgehead atoms. The van der Waals surface area contributed by atoms with Crippen LogP contribution in [-0.2, 0) is 19.4 Å². The smallest absolute Gasteiger partial charge is 0.256 e. The van der Waals surface area contributed by atoms with Gasteiger partial charge in [0.05, 0.1) is 5.56 Å². The van der Waals surface area contributed by atoms with Crippen LogP contribution in [0.4, 0.5) is 5.00 Å². The van der Waals surface area contributed by atoms with Gasteiger partial charge < -0.3 is 10.1 Å². The maximum atomic E-state index is 12.7. The van der Waals surface area contributed by atoms with Gasteiger partial charge in [0, 0.05) is 10.4 Å². The van der Waals surface area contributed by atoms with Crippen LogP contribution in [0.2, 0.25) is 0 Å². The van der Waals surface area contributed by atoms with Crippen molar-refractivity contribution in [1.29, 1.82) is 5.26 Å². The fourth-order valence-corrected chi connectivity index (χ4v) is 4.93. The van der Waals surface area contributed by atoms with Gasteiger partial charge in [0.15, 0.2) is 0 Å². The molecule has 4 nitrogen and oxygen atoms in total. The van der Waals surface area contributed by atoms with Gasteiger partial charge in [0.1, 0.15) is 23.4 Å². The molecule has 0 saturated heterocycles. The van der Waals surface area contributed by atoms with Crippen molar-refractivity contribution in [2.45, 2.75) is 32.8 Å². The van der Waals surface area contributed by atoms with Crippen LogP contribution >= 0.6 is 11.3 Å². The Morgan fingerprint density at radius 1 is 1.21 bits per heavy atom. The fraction of sp³-hybridized carbons (Fsp3) is 0.250. The van der Waals surface area contributed by atoms with E-state index in [1.165, 1.54) is 4.88 Å². The molecule has 1 aliphatic rings. The van der Waals surface area contributed by atoms with Gasteiger partial charge in [0.2, 0.25) is 0 Å². The Morgan fingerprint density at radius 2 is 1.97 bits per heavy atom. The predicted octanol–water partition coefficient (Wildman–Crippen LogP) is 5.58. The number of thiophene rings is 1. The molecule has 0 radical (unpaired) electrons. The number of carbonyl (C=O) groups is 1. The van der Waals surface area contributed by atoms with Crippen molar-refractivity contribution < 1.29 is 9.53 Å². The molecule has 1 aliphatic carbocycles. The number of anilines is 1. The fourth-order valence-electron chi connectivity index (χ4n) is 3.58. The van der Waals surface area contributed by atoms with E-state index in [0.29, 0.717) is 34.4 Å². The summed E-state index contributed by atoms with van der Waals surface area (Å²) >= 11 is 1.54. The van der Waals surface area contributed by atoms with E-state index >= 15 is 0 Å². The molecule has 1 atom stereocenters. The molecular weight excluding hydrogens is 380 g/mol. The molecule has 1 heterocycles. The van der Waals surface area contributed by atoms with Crippen LogP contribution in [0.1, 0.15) is 45.3 Å². The van der Waals surface area contributed by atoms with Gasteiger partial charge in [-0.15, -0.1) is 11.3 Å². The van der Waals surface area contributed by atoms with Crippen molar-refractivity contribution in [3.8, 4) is 11.8 Å². The molecule has 146 valence electrons. The minimum absolute atomic E-state index is 0.206. The van der Waals surface area contributed by atoms with Crippen LogP contribution in [0.5, 0.6) is 5.75 Å². The normalized spacial score (nSPS) is 15.2. The van der Waals surface area contributed by atoms with Gasteiger partial charge in [-0.1, -0.05) is 37.3 Å². The van der Waals surface area contributed by atoms with E-state index in [2.05, 4.69) is 18.3 Å². The third kappa shape index (κ3) is 4.33. The Kier molecular flexibility index (Phi) is 5.64. The molecule has 0 aliphatic heterocycles. The van der Waals surface area contributed by atoms with Crippen LogP contribution in [0.3, 0.4) is 0 Å². The average Bonchev–Trinajstić information content (AvgIpc) is 3.09. The van der Waals surface area contributed by atoms with Crippen molar-refractivity contribution in [3.05, 3.63) is 81.7 Å². The van der Waals surface area contributed by atoms with Crippen LogP contribution < -0.4 is 10.1 Å². The number of nitrogens with zero attached hydrogens (tertiary/aromatic N) is 1. The molecule has 3 aromatic rings. The van der Waals surface area contributed by atoms with Crippen molar-refractivity contribution in [3.63, 3.8) is 0 Å². The highest BCUT2D eigenvalue weighted by atomic mass is 32.1. The maximum absolute atomic E-state index is 12.7. The molecule has 0 unspecified atom stereocenters. The van der Waals surface area contributed by atoms with Gasteiger partial charge in [-0.2, -0.15) is 5.26 Å². The lowest BCUT2D eigenvalue weighted by molar-refractivity contribution is 0.102. The third-order valence-corrected chi connectivity index (χ3v) is 6.39. The molecule has 0 spiro atoms. The first-order valence-corrected chi connectivity index (χ1v) is 10.6. The summed E-state index contributed by atoms with van der Waals surface area (Å²) in [5.74, 6) is 1.13. The lowest BCUT2D eigenvalue weighted by Crippen LogP contribution is -2.12. The SMILES string of the molecule is C[C@@H]1CCc2c(sc(NC(=O)c3ccc(OCc4ccccc4)cc3)c2C#N)C1. The number of carbonyl (C=O) groups excluding carboxylic acids is 1. The second-order valence-corrected chi connectivity index (χ2v) is 8.53. The molecule has 0 saturated carbocycles. The number of amides is 1. The first-order valence-electron chi connectivity index (χ1n) is 9.77. The monoisotopic (exact) mass is 402 g/mol. The summed E-state index contributed by atoms with van der Waals surface area (Å²) in [6, 6.07) is 19.3. The number of ether oxygens (including phenoxy) is 1. The number of fused-ring (bicyclic) bond motifs is 1. The summed E-state index contributed by atoms with van der Waals surface area (Å²) in [5.41, 5.74) is 3.39. The van der Waals surface area contributed by atoms with Crippen LogP contribution in [0.25, 0.3) is 0 Å². The molecular formula is C24H22N2O2S. The van der Waals surface area contributed by atoms with E-state index in [9.17, 15) is 10.1 Å². The molecule has 4 rings (SSSR count). The van der Waals surface area contributed by atoms with Gasteiger partial charge >= 0.3 is 0 Å². The molecule has 1 aromatic heterocycles. The second-order valence-electron chi connectivity index (χ2n) is 7.42.